The number of benzene rings is 2. The number of carbonyl (C=O) groups excluding carboxylic acids is 2. The van der Waals surface area contributed by atoms with E-state index in [1.807, 2.05) is 24.3 Å². The van der Waals surface area contributed by atoms with Crippen molar-refractivity contribution in [1.29, 1.82) is 0 Å². The Hall–Kier alpha value is -3.35. The molecule has 7 nitrogen and oxygen atoms in total. The summed E-state index contributed by atoms with van der Waals surface area (Å²) in [6.45, 7) is 0.457. The molecule has 3 N–H and O–H groups in total. The predicted octanol–water partition coefficient (Wildman–Crippen LogP) is 4.06. The highest BCUT2D eigenvalue weighted by atomic mass is 16.5. The van der Waals surface area contributed by atoms with E-state index in [9.17, 15) is 19.5 Å². The molecular weight excluding hydrogens is 444 g/mol. The average molecular weight is 475 g/mol. The molecule has 0 aromatic heterocycles. The Morgan fingerprint density at radius 3 is 2.23 bits per heavy atom. The second-order valence-corrected chi connectivity index (χ2v) is 10.8. The van der Waals surface area contributed by atoms with Crippen LogP contribution in [0.25, 0.3) is 11.1 Å². The molecule has 2 aromatic carbocycles. The second-order valence-electron chi connectivity index (χ2n) is 10.8. The molecule has 0 radical (unpaired) electrons. The third-order valence-corrected chi connectivity index (χ3v) is 8.88. The second kappa shape index (κ2) is 8.11. The average Bonchev–Trinajstić information content (AvgIpc) is 3.25. The molecule has 6 rings (SSSR count). The van der Waals surface area contributed by atoms with Crippen molar-refractivity contribution < 1.29 is 24.2 Å². The highest BCUT2D eigenvalue weighted by Crippen LogP contribution is 2.63. The summed E-state index contributed by atoms with van der Waals surface area (Å²) in [5.41, 5.74) is 3.45. The molecule has 182 valence electrons. The maximum Gasteiger partial charge on any atom is 0.407 e. The third-order valence-electron chi connectivity index (χ3n) is 8.88. The zero-order chi connectivity index (χ0) is 24.2. The lowest BCUT2D eigenvalue weighted by atomic mass is 9.68. The van der Waals surface area contributed by atoms with Crippen LogP contribution in [0.5, 0.6) is 0 Å². The van der Waals surface area contributed by atoms with Gasteiger partial charge in [-0.1, -0.05) is 55.0 Å². The van der Waals surface area contributed by atoms with Gasteiger partial charge in [0.15, 0.2) is 0 Å². The van der Waals surface area contributed by atoms with Crippen LogP contribution >= 0.6 is 0 Å². The summed E-state index contributed by atoms with van der Waals surface area (Å²) in [7, 11) is 0. The van der Waals surface area contributed by atoms with Crippen LogP contribution in [0.15, 0.2) is 48.5 Å². The number of aliphatic carboxylic acids is 1. The molecule has 3 atom stereocenters. The molecule has 4 aliphatic carbocycles. The maximum atomic E-state index is 12.9. The quantitative estimate of drug-likeness (QED) is 0.561. The van der Waals surface area contributed by atoms with Gasteiger partial charge in [0, 0.05) is 18.5 Å². The third kappa shape index (κ3) is 3.60. The van der Waals surface area contributed by atoms with Crippen molar-refractivity contribution in [2.45, 2.75) is 50.5 Å². The van der Waals surface area contributed by atoms with Gasteiger partial charge in [0.05, 0.1) is 10.8 Å². The predicted molar refractivity (Wildman–Crippen MR) is 129 cm³/mol. The summed E-state index contributed by atoms with van der Waals surface area (Å²) in [6.07, 6.45) is 3.81. The Morgan fingerprint density at radius 1 is 0.971 bits per heavy atom. The van der Waals surface area contributed by atoms with Gasteiger partial charge in [0.1, 0.15) is 6.61 Å². The Balaban J connectivity index is 1.03. The monoisotopic (exact) mass is 474 g/mol. The molecule has 7 heteroatoms. The summed E-state index contributed by atoms with van der Waals surface area (Å²) in [5, 5.41) is 15.4. The largest absolute Gasteiger partial charge is 0.481 e. The molecule has 4 aliphatic rings. The Morgan fingerprint density at radius 2 is 1.63 bits per heavy atom. The number of carboxylic acid groups (broad SMARTS) is 1. The van der Waals surface area contributed by atoms with Crippen LogP contribution in [0.3, 0.4) is 0 Å². The van der Waals surface area contributed by atoms with Crippen LogP contribution in [0, 0.1) is 16.7 Å². The van der Waals surface area contributed by atoms with Crippen molar-refractivity contribution in [3.05, 3.63) is 59.7 Å². The van der Waals surface area contributed by atoms with E-state index >= 15 is 0 Å². The van der Waals surface area contributed by atoms with Gasteiger partial charge in [-0.25, -0.2) is 4.79 Å². The first-order valence-corrected chi connectivity index (χ1v) is 12.6. The minimum absolute atomic E-state index is 0.00955. The zero-order valence-electron chi connectivity index (χ0n) is 19.6. The van der Waals surface area contributed by atoms with E-state index < -0.39 is 22.9 Å². The first kappa shape index (κ1) is 22.1. The van der Waals surface area contributed by atoms with Crippen LogP contribution in [-0.2, 0) is 14.3 Å². The number of carbonyl (C=O) groups is 3. The lowest BCUT2D eigenvalue weighted by Crippen LogP contribution is -2.49. The van der Waals surface area contributed by atoms with E-state index in [-0.39, 0.29) is 36.9 Å². The van der Waals surface area contributed by atoms with Crippen molar-refractivity contribution in [1.82, 2.24) is 10.6 Å². The van der Waals surface area contributed by atoms with Gasteiger partial charge >= 0.3 is 12.1 Å². The van der Waals surface area contributed by atoms with E-state index in [0.29, 0.717) is 19.3 Å². The van der Waals surface area contributed by atoms with Crippen molar-refractivity contribution in [2.75, 3.05) is 13.2 Å². The number of ether oxygens (including phenoxy) is 1. The number of rotatable bonds is 7. The summed E-state index contributed by atoms with van der Waals surface area (Å²) >= 11 is 0. The fraction of sp³-hybridized carbons (Fsp3) is 0.464. The fourth-order valence-electron chi connectivity index (χ4n) is 6.59. The highest BCUT2D eigenvalue weighted by molar-refractivity contribution is 5.87. The van der Waals surface area contributed by atoms with E-state index in [1.54, 1.807) is 0 Å². The standard InChI is InChI=1S/C28H30N2O5/c31-24(29-16-27(25(32)33)10-5-11-27)28-13-17(28)12-18(14-28)30-26(34)35-15-23-21-8-3-1-6-19(21)20-7-2-4-9-22(20)23/h1-4,6-9,17-18,23H,5,10-16H2,(H,29,31)(H,30,34)(H,32,33). The lowest BCUT2D eigenvalue weighted by Gasteiger charge is -2.38. The maximum absolute atomic E-state index is 12.9. The van der Waals surface area contributed by atoms with Crippen LogP contribution < -0.4 is 10.6 Å². The van der Waals surface area contributed by atoms with E-state index in [2.05, 4.69) is 34.9 Å². The number of nitrogens with one attached hydrogen (secondary N) is 2. The first-order valence-electron chi connectivity index (χ1n) is 12.6. The van der Waals surface area contributed by atoms with Crippen molar-refractivity contribution >= 4 is 18.0 Å². The highest BCUT2D eigenvalue weighted by Gasteiger charge is 2.65. The lowest BCUT2D eigenvalue weighted by molar-refractivity contribution is -0.154. The van der Waals surface area contributed by atoms with Crippen molar-refractivity contribution in [3.63, 3.8) is 0 Å². The Bertz CT molecular complexity index is 1160. The van der Waals surface area contributed by atoms with Gasteiger partial charge in [-0.3, -0.25) is 9.59 Å². The van der Waals surface area contributed by atoms with Crippen LogP contribution in [0.1, 0.15) is 55.6 Å². The number of alkyl carbamates (subject to hydrolysis) is 1. The van der Waals surface area contributed by atoms with Crippen molar-refractivity contribution in [2.24, 2.45) is 16.7 Å². The van der Waals surface area contributed by atoms with E-state index in [0.717, 1.165) is 19.3 Å². The molecule has 0 aliphatic heterocycles. The summed E-state index contributed by atoms with van der Waals surface area (Å²) in [4.78, 5) is 37.2. The molecule has 2 aromatic rings. The zero-order valence-corrected chi connectivity index (χ0v) is 19.6. The number of hydrogen-bond donors (Lipinski definition) is 3. The first-order chi connectivity index (χ1) is 16.9. The molecule has 0 heterocycles. The number of amides is 2. The molecule has 3 unspecified atom stereocenters. The molecular formula is C28H30N2O5. The van der Waals surface area contributed by atoms with Gasteiger partial charge in [-0.2, -0.15) is 0 Å². The van der Waals surface area contributed by atoms with E-state index in [4.69, 9.17) is 4.74 Å². The van der Waals surface area contributed by atoms with Gasteiger partial charge in [-0.15, -0.1) is 0 Å². The summed E-state index contributed by atoms with van der Waals surface area (Å²) < 4.78 is 5.67. The Labute approximate surface area is 204 Å². The fourth-order valence-corrected chi connectivity index (χ4v) is 6.59. The smallest absolute Gasteiger partial charge is 0.407 e. The van der Waals surface area contributed by atoms with Crippen LogP contribution in [0.2, 0.25) is 0 Å². The normalized spacial score (nSPS) is 27.1. The Kier molecular flexibility index (Phi) is 5.13. The van der Waals surface area contributed by atoms with Gasteiger partial charge in [0.2, 0.25) is 5.91 Å². The number of hydrogen-bond acceptors (Lipinski definition) is 4. The molecule has 0 saturated heterocycles. The molecule has 0 bridgehead atoms. The van der Waals surface area contributed by atoms with Gasteiger partial charge < -0.3 is 20.5 Å². The molecule has 3 fully saturated rings. The number of carboxylic acids is 1. The van der Waals surface area contributed by atoms with E-state index in [1.165, 1.54) is 22.3 Å². The molecule has 0 spiro atoms. The summed E-state index contributed by atoms with van der Waals surface area (Å²) in [6, 6.07) is 16.4. The van der Waals surface area contributed by atoms with Gasteiger partial charge in [0.25, 0.3) is 0 Å². The topological polar surface area (TPSA) is 105 Å². The molecule has 3 saturated carbocycles. The van der Waals surface area contributed by atoms with Crippen molar-refractivity contribution in [3.8, 4) is 11.1 Å². The molecule has 2 amide bonds. The SMILES string of the molecule is O=C(NC1CC2CC2(C(=O)NCC2(C(=O)O)CCC2)C1)OCC1c2ccccc2-c2ccccc21. The minimum Gasteiger partial charge on any atom is -0.481 e. The van der Waals surface area contributed by atoms with Crippen LogP contribution in [-0.4, -0.2) is 42.3 Å². The molecule has 35 heavy (non-hydrogen) atoms. The minimum atomic E-state index is -0.824. The number of fused-ring (bicyclic) bond motifs is 4. The van der Waals surface area contributed by atoms with Crippen LogP contribution in [0.4, 0.5) is 4.79 Å². The summed E-state index contributed by atoms with van der Waals surface area (Å²) in [5.74, 6) is -0.638. The van der Waals surface area contributed by atoms with Gasteiger partial charge in [-0.05, 0) is 60.3 Å².